The maximum absolute atomic E-state index is 13.7. The van der Waals surface area contributed by atoms with E-state index in [9.17, 15) is 4.39 Å². The summed E-state index contributed by atoms with van der Waals surface area (Å²) in [5.41, 5.74) is 3.04. The molecule has 0 radical (unpaired) electrons. The lowest BCUT2D eigenvalue weighted by molar-refractivity contribution is 0.195. The molecule has 4 heteroatoms. The van der Waals surface area contributed by atoms with Gasteiger partial charge in [-0.15, -0.1) is 0 Å². The van der Waals surface area contributed by atoms with E-state index >= 15 is 0 Å². The van der Waals surface area contributed by atoms with Crippen LogP contribution in [0.4, 0.5) is 4.39 Å². The summed E-state index contributed by atoms with van der Waals surface area (Å²) < 4.78 is 13.7. The van der Waals surface area contributed by atoms with Crippen LogP contribution in [0, 0.1) is 5.82 Å². The van der Waals surface area contributed by atoms with Gasteiger partial charge in [0.25, 0.3) is 0 Å². The number of aromatic nitrogens is 2. The lowest BCUT2D eigenvalue weighted by Crippen LogP contribution is -2.33. The van der Waals surface area contributed by atoms with Gasteiger partial charge >= 0.3 is 0 Å². The van der Waals surface area contributed by atoms with E-state index in [1.807, 2.05) is 0 Å². The van der Waals surface area contributed by atoms with E-state index in [-0.39, 0.29) is 5.82 Å². The molecule has 4 rings (SSSR count). The minimum absolute atomic E-state index is 0.244. The Balaban J connectivity index is 2.13. The third kappa shape index (κ3) is 1.45. The molecular weight excluding hydrogens is 253 g/mol. The van der Waals surface area contributed by atoms with E-state index in [1.54, 1.807) is 6.07 Å². The molecule has 0 bridgehead atoms. The van der Waals surface area contributed by atoms with Gasteiger partial charge in [-0.3, -0.25) is 9.88 Å². The van der Waals surface area contributed by atoms with Gasteiger partial charge in [-0.1, -0.05) is 6.58 Å². The molecular formula is C16H16FN3. The molecule has 0 amide bonds. The Morgan fingerprint density at radius 3 is 2.85 bits per heavy atom. The fraction of sp³-hybridized carbons (Fsp3) is 0.312. The van der Waals surface area contributed by atoms with Crippen molar-refractivity contribution in [3.8, 4) is 0 Å². The van der Waals surface area contributed by atoms with Crippen molar-refractivity contribution in [2.45, 2.75) is 33.0 Å². The average Bonchev–Trinajstić information content (AvgIpc) is 2.74. The molecule has 1 aromatic carbocycles. The van der Waals surface area contributed by atoms with Gasteiger partial charge in [0, 0.05) is 46.5 Å². The molecule has 2 aromatic heterocycles. The minimum atomic E-state index is -0.244. The second-order valence-corrected chi connectivity index (χ2v) is 5.86. The van der Waals surface area contributed by atoms with Crippen LogP contribution in [0.2, 0.25) is 0 Å². The monoisotopic (exact) mass is 269 g/mol. The summed E-state index contributed by atoms with van der Waals surface area (Å²) in [5.74, 6) is -0.244. The SMILES string of the molecule is C=c1nc2c3c([nH]c4cc(F)cc1c43)CN(C(C)C)C2. The van der Waals surface area contributed by atoms with Crippen molar-refractivity contribution in [1.29, 1.82) is 0 Å². The van der Waals surface area contributed by atoms with Crippen LogP contribution in [0.5, 0.6) is 0 Å². The van der Waals surface area contributed by atoms with Gasteiger partial charge in [0.1, 0.15) is 5.82 Å². The number of nitrogens with one attached hydrogen (secondary N) is 1. The highest BCUT2D eigenvalue weighted by molar-refractivity contribution is 6.11. The summed E-state index contributed by atoms with van der Waals surface area (Å²) in [4.78, 5) is 10.3. The van der Waals surface area contributed by atoms with Crippen LogP contribution >= 0.6 is 0 Å². The highest BCUT2D eigenvalue weighted by atomic mass is 19.1. The normalized spacial score (nSPS) is 15.8. The smallest absolute Gasteiger partial charge is 0.125 e. The Labute approximate surface area is 116 Å². The van der Waals surface area contributed by atoms with Gasteiger partial charge < -0.3 is 4.98 Å². The Morgan fingerprint density at radius 1 is 1.30 bits per heavy atom. The second kappa shape index (κ2) is 3.79. The topological polar surface area (TPSA) is 31.9 Å². The maximum Gasteiger partial charge on any atom is 0.125 e. The molecule has 3 aromatic rings. The molecule has 20 heavy (non-hydrogen) atoms. The van der Waals surface area contributed by atoms with Crippen molar-refractivity contribution in [1.82, 2.24) is 14.9 Å². The van der Waals surface area contributed by atoms with Crippen molar-refractivity contribution in [3.05, 3.63) is 34.7 Å². The number of nitrogens with zero attached hydrogens (tertiary/aromatic N) is 2. The zero-order chi connectivity index (χ0) is 14.0. The van der Waals surface area contributed by atoms with E-state index in [0.717, 1.165) is 40.8 Å². The quantitative estimate of drug-likeness (QED) is 0.736. The third-order valence-electron chi connectivity index (χ3n) is 4.25. The third-order valence-corrected chi connectivity index (χ3v) is 4.25. The first kappa shape index (κ1) is 11.9. The number of benzene rings is 1. The Hall–Kier alpha value is -1.94. The molecule has 1 aliphatic heterocycles. The van der Waals surface area contributed by atoms with Gasteiger partial charge in [0.05, 0.1) is 11.0 Å². The first-order valence-corrected chi connectivity index (χ1v) is 6.90. The van der Waals surface area contributed by atoms with E-state index in [1.165, 1.54) is 11.5 Å². The average molecular weight is 269 g/mol. The standard InChI is InChI=1S/C16H16FN3/c1-8(2)20-6-13-16-14(7-20)19-12-5-10(17)4-11(15(12)16)9(3)18-13/h4-5,8,19H,3,6-7H2,1-2H3. The molecule has 0 aliphatic carbocycles. The first-order valence-electron chi connectivity index (χ1n) is 6.90. The molecule has 0 spiro atoms. The van der Waals surface area contributed by atoms with Crippen molar-refractivity contribution in [2.75, 3.05) is 0 Å². The zero-order valence-electron chi connectivity index (χ0n) is 11.6. The molecule has 0 saturated carbocycles. The lowest BCUT2D eigenvalue weighted by Gasteiger charge is -2.29. The minimum Gasteiger partial charge on any atom is -0.357 e. The van der Waals surface area contributed by atoms with Gasteiger partial charge in [0.15, 0.2) is 0 Å². The molecule has 0 fully saturated rings. The van der Waals surface area contributed by atoms with Crippen LogP contribution in [-0.2, 0) is 13.1 Å². The molecule has 0 atom stereocenters. The Bertz CT molecular complexity index is 879. The van der Waals surface area contributed by atoms with Crippen molar-refractivity contribution < 1.29 is 4.39 Å². The van der Waals surface area contributed by atoms with Gasteiger partial charge in [-0.05, 0) is 26.0 Å². The highest BCUT2D eigenvalue weighted by Gasteiger charge is 2.25. The van der Waals surface area contributed by atoms with E-state index in [4.69, 9.17) is 0 Å². The van der Waals surface area contributed by atoms with E-state index in [0.29, 0.717) is 11.4 Å². The Kier molecular flexibility index (Phi) is 2.25. The van der Waals surface area contributed by atoms with Crippen LogP contribution in [-0.4, -0.2) is 20.9 Å². The summed E-state index contributed by atoms with van der Waals surface area (Å²) in [7, 11) is 0. The van der Waals surface area contributed by atoms with Crippen LogP contribution in [0.3, 0.4) is 0 Å². The molecule has 3 heterocycles. The van der Waals surface area contributed by atoms with Crippen LogP contribution < -0.4 is 5.35 Å². The van der Waals surface area contributed by atoms with Crippen molar-refractivity contribution >= 4 is 28.3 Å². The van der Waals surface area contributed by atoms with Gasteiger partial charge in [-0.25, -0.2) is 4.39 Å². The summed E-state index contributed by atoms with van der Waals surface area (Å²) in [6, 6.07) is 3.55. The molecule has 1 aliphatic rings. The first-order chi connectivity index (χ1) is 9.54. The van der Waals surface area contributed by atoms with E-state index in [2.05, 4.69) is 35.3 Å². The number of aromatic amines is 1. The Morgan fingerprint density at radius 2 is 2.10 bits per heavy atom. The molecule has 0 saturated heterocycles. The largest absolute Gasteiger partial charge is 0.357 e. The maximum atomic E-state index is 13.7. The number of pyridine rings is 1. The van der Waals surface area contributed by atoms with E-state index < -0.39 is 0 Å². The van der Waals surface area contributed by atoms with Crippen LogP contribution in [0.1, 0.15) is 25.2 Å². The predicted molar refractivity (Wildman–Crippen MR) is 78.7 cm³/mol. The molecule has 0 unspecified atom stereocenters. The van der Waals surface area contributed by atoms with Crippen molar-refractivity contribution in [2.24, 2.45) is 0 Å². The molecule has 3 nitrogen and oxygen atoms in total. The number of rotatable bonds is 1. The summed E-state index contributed by atoms with van der Waals surface area (Å²) in [6.45, 7) is 10.0. The van der Waals surface area contributed by atoms with Crippen LogP contribution in [0.15, 0.2) is 12.1 Å². The van der Waals surface area contributed by atoms with Gasteiger partial charge in [0.2, 0.25) is 0 Å². The number of hydrogen-bond acceptors (Lipinski definition) is 2. The van der Waals surface area contributed by atoms with Gasteiger partial charge in [-0.2, -0.15) is 0 Å². The summed E-state index contributed by atoms with van der Waals surface area (Å²) in [5, 5.41) is 3.73. The van der Waals surface area contributed by atoms with Crippen LogP contribution in [0.25, 0.3) is 28.3 Å². The highest BCUT2D eigenvalue weighted by Crippen LogP contribution is 2.34. The second-order valence-electron chi connectivity index (χ2n) is 5.86. The lowest BCUT2D eigenvalue weighted by atomic mass is 10.0. The number of hydrogen-bond donors (Lipinski definition) is 1. The summed E-state index contributed by atoms with van der Waals surface area (Å²) >= 11 is 0. The predicted octanol–water partition coefficient (Wildman–Crippen LogP) is 2.71. The van der Waals surface area contributed by atoms with Crippen molar-refractivity contribution in [3.63, 3.8) is 0 Å². The molecule has 102 valence electrons. The molecule has 1 N–H and O–H groups in total. The number of H-pyrrole nitrogens is 1. The summed E-state index contributed by atoms with van der Waals surface area (Å²) in [6.07, 6.45) is 0. The number of halogens is 1. The zero-order valence-corrected chi connectivity index (χ0v) is 11.6. The fourth-order valence-corrected chi connectivity index (χ4v) is 3.23. The fourth-order valence-electron chi connectivity index (χ4n) is 3.23.